The van der Waals surface area contributed by atoms with Crippen LogP contribution in [-0.4, -0.2) is 39.0 Å². The number of urea groups is 1. The van der Waals surface area contributed by atoms with Gasteiger partial charge in [0.2, 0.25) is 0 Å². The molecule has 7 heteroatoms. The summed E-state index contributed by atoms with van der Waals surface area (Å²) in [6.07, 6.45) is 2.34. The van der Waals surface area contributed by atoms with Gasteiger partial charge in [-0.15, -0.1) is 0 Å². The third kappa shape index (κ3) is 4.74. The molecule has 7 nitrogen and oxygen atoms in total. The van der Waals surface area contributed by atoms with E-state index in [2.05, 4.69) is 10.6 Å². The second-order valence-electron chi connectivity index (χ2n) is 7.13. The number of fused-ring (bicyclic) bond motifs is 1. The van der Waals surface area contributed by atoms with E-state index in [4.69, 9.17) is 14.2 Å². The smallest absolute Gasteiger partial charge is 0.315 e. The van der Waals surface area contributed by atoms with Crippen LogP contribution in [0.2, 0.25) is 0 Å². The van der Waals surface area contributed by atoms with Crippen LogP contribution in [0.15, 0.2) is 36.4 Å². The molecule has 2 amide bonds. The summed E-state index contributed by atoms with van der Waals surface area (Å²) < 4.78 is 15.8. The van der Waals surface area contributed by atoms with Crippen molar-refractivity contribution >= 4 is 6.03 Å². The number of carbonyl (C=O) groups excluding carboxylic acids is 1. The van der Waals surface area contributed by atoms with Gasteiger partial charge in [-0.3, -0.25) is 0 Å². The number of methoxy groups -OCH3 is 3. The molecular formula is C22H28N2O5. The van der Waals surface area contributed by atoms with Gasteiger partial charge in [-0.25, -0.2) is 4.79 Å². The van der Waals surface area contributed by atoms with E-state index >= 15 is 0 Å². The summed E-state index contributed by atoms with van der Waals surface area (Å²) in [5.74, 6) is 2.01. The lowest BCUT2D eigenvalue weighted by atomic mass is 9.79. The highest BCUT2D eigenvalue weighted by atomic mass is 16.5. The van der Waals surface area contributed by atoms with Crippen LogP contribution in [0.3, 0.4) is 0 Å². The van der Waals surface area contributed by atoms with Gasteiger partial charge in [-0.1, -0.05) is 12.1 Å². The van der Waals surface area contributed by atoms with Gasteiger partial charge in [0.25, 0.3) is 0 Å². The van der Waals surface area contributed by atoms with Crippen LogP contribution in [0.5, 0.6) is 17.2 Å². The average Bonchev–Trinajstić information content (AvgIpc) is 2.75. The standard InChI is InChI=1S/C22H28N2O5/c1-27-17-7-8-18-16(12-17)5-4-10-22(18,26)14-24-21(25)23-13-15-6-9-19(28-2)20(11-15)29-3/h6-9,11-12,26H,4-5,10,13-14H2,1-3H3,(H2,23,24,25). The molecule has 0 radical (unpaired) electrons. The molecule has 0 spiro atoms. The molecule has 0 saturated carbocycles. The van der Waals surface area contributed by atoms with Crippen molar-refractivity contribution in [1.82, 2.24) is 10.6 Å². The Morgan fingerprint density at radius 2 is 1.83 bits per heavy atom. The van der Waals surface area contributed by atoms with E-state index in [0.29, 0.717) is 24.5 Å². The average molecular weight is 400 g/mol. The third-order valence-electron chi connectivity index (χ3n) is 5.29. The number of carbonyl (C=O) groups is 1. The lowest BCUT2D eigenvalue weighted by molar-refractivity contribution is 0.0216. The zero-order valence-electron chi connectivity index (χ0n) is 17.1. The van der Waals surface area contributed by atoms with E-state index in [1.54, 1.807) is 27.4 Å². The van der Waals surface area contributed by atoms with Crippen molar-refractivity contribution in [2.45, 2.75) is 31.4 Å². The quantitative estimate of drug-likeness (QED) is 0.665. The number of benzene rings is 2. The molecule has 1 aliphatic carbocycles. The zero-order valence-corrected chi connectivity index (χ0v) is 17.1. The number of rotatable bonds is 7. The van der Waals surface area contributed by atoms with Crippen molar-refractivity contribution in [3.05, 3.63) is 53.1 Å². The van der Waals surface area contributed by atoms with Crippen LogP contribution in [-0.2, 0) is 18.6 Å². The van der Waals surface area contributed by atoms with E-state index in [-0.39, 0.29) is 12.6 Å². The number of hydrogen-bond donors (Lipinski definition) is 3. The Hall–Kier alpha value is -2.93. The minimum Gasteiger partial charge on any atom is -0.497 e. The molecule has 1 aliphatic rings. The Labute approximate surface area is 171 Å². The number of hydrogen-bond acceptors (Lipinski definition) is 5. The van der Waals surface area contributed by atoms with Crippen LogP contribution >= 0.6 is 0 Å². The minimum absolute atomic E-state index is 0.143. The maximum Gasteiger partial charge on any atom is 0.315 e. The van der Waals surface area contributed by atoms with Gasteiger partial charge in [-0.2, -0.15) is 0 Å². The minimum atomic E-state index is -1.08. The van der Waals surface area contributed by atoms with Crippen LogP contribution < -0.4 is 24.8 Å². The van der Waals surface area contributed by atoms with Crippen LogP contribution in [0.25, 0.3) is 0 Å². The van der Waals surface area contributed by atoms with Gasteiger partial charge in [0, 0.05) is 6.54 Å². The van der Waals surface area contributed by atoms with Crippen molar-refractivity contribution in [2.24, 2.45) is 0 Å². The summed E-state index contributed by atoms with van der Waals surface area (Å²) in [4.78, 5) is 12.3. The lowest BCUT2D eigenvalue weighted by Crippen LogP contribution is -2.46. The highest BCUT2D eigenvalue weighted by Gasteiger charge is 2.34. The molecule has 156 valence electrons. The molecule has 2 aromatic carbocycles. The number of amides is 2. The summed E-state index contributed by atoms with van der Waals surface area (Å²) in [5.41, 5.74) is 1.71. The van der Waals surface area contributed by atoms with E-state index in [1.165, 1.54) is 0 Å². The molecule has 3 rings (SSSR count). The van der Waals surface area contributed by atoms with Gasteiger partial charge in [0.15, 0.2) is 11.5 Å². The topological polar surface area (TPSA) is 89.1 Å². The third-order valence-corrected chi connectivity index (χ3v) is 5.29. The monoisotopic (exact) mass is 400 g/mol. The predicted molar refractivity (Wildman–Crippen MR) is 110 cm³/mol. The van der Waals surface area contributed by atoms with Gasteiger partial charge in [-0.05, 0) is 60.2 Å². The summed E-state index contributed by atoms with van der Waals surface area (Å²) >= 11 is 0. The molecule has 3 N–H and O–H groups in total. The lowest BCUT2D eigenvalue weighted by Gasteiger charge is -2.34. The van der Waals surface area contributed by atoms with Gasteiger partial charge >= 0.3 is 6.03 Å². The maximum absolute atomic E-state index is 12.3. The second kappa shape index (κ2) is 9.05. The van der Waals surface area contributed by atoms with Crippen molar-refractivity contribution in [3.8, 4) is 17.2 Å². The first-order valence-electron chi connectivity index (χ1n) is 9.61. The SMILES string of the molecule is COc1ccc2c(c1)CCCC2(O)CNC(=O)NCc1ccc(OC)c(OC)c1. The Kier molecular flexibility index (Phi) is 6.49. The summed E-state index contributed by atoms with van der Waals surface area (Å²) in [6.45, 7) is 0.475. The molecule has 29 heavy (non-hydrogen) atoms. The second-order valence-corrected chi connectivity index (χ2v) is 7.13. The fourth-order valence-electron chi connectivity index (χ4n) is 3.71. The summed E-state index contributed by atoms with van der Waals surface area (Å²) in [7, 11) is 4.77. The normalized spacial score (nSPS) is 17.8. The Balaban J connectivity index is 1.59. The molecule has 0 bridgehead atoms. The molecule has 0 heterocycles. The Morgan fingerprint density at radius 1 is 1.03 bits per heavy atom. The largest absolute Gasteiger partial charge is 0.497 e. The van der Waals surface area contributed by atoms with Crippen molar-refractivity contribution in [2.75, 3.05) is 27.9 Å². The Morgan fingerprint density at radius 3 is 2.55 bits per heavy atom. The molecule has 1 unspecified atom stereocenters. The van der Waals surface area contributed by atoms with Gasteiger partial charge in [0.1, 0.15) is 11.4 Å². The number of aliphatic hydroxyl groups is 1. The van der Waals surface area contributed by atoms with Crippen molar-refractivity contribution in [1.29, 1.82) is 0 Å². The van der Waals surface area contributed by atoms with Crippen LogP contribution in [0, 0.1) is 0 Å². The Bertz CT molecular complexity index is 870. The van der Waals surface area contributed by atoms with Crippen LogP contribution in [0.1, 0.15) is 29.5 Å². The highest BCUT2D eigenvalue weighted by molar-refractivity contribution is 5.74. The number of ether oxygens (including phenoxy) is 3. The highest BCUT2D eigenvalue weighted by Crippen LogP contribution is 2.36. The summed E-state index contributed by atoms with van der Waals surface area (Å²) in [5, 5.41) is 16.7. The first-order chi connectivity index (χ1) is 14.0. The van der Waals surface area contributed by atoms with Crippen molar-refractivity contribution < 1.29 is 24.1 Å². The first-order valence-corrected chi connectivity index (χ1v) is 9.61. The molecule has 0 aromatic heterocycles. The van der Waals surface area contributed by atoms with E-state index < -0.39 is 5.60 Å². The van der Waals surface area contributed by atoms with Crippen molar-refractivity contribution in [3.63, 3.8) is 0 Å². The van der Waals surface area contributed by atoms with E-state index in [9.17, 15) is 9.90 Å². The zero-order chi connectivity index (χ0) is 20.9. The van der Waals surface area contributed by atoms with E-state index in [0.717, 1.165) is 35.3 Å². The fourth-order valence-corrected chi connectivity index (χ4v) is 3.71. The molecule has 0 fully saturated rings. The molecular weight excluding hydrogens is 372 g/mol. The van der Waals surface area contributed by atoms with Gasteiger partial charge in [0.05, 0.1) is 27.9 Å². The number of nitrogens with one attached hydrogen (secondary N) is 2. The number of aryl methyl sites for hydroxylation is 1. The predicted octanol–water partition coefficient (Wildman–Crippen LogP) is 2.74. The first kappa shape index (κ1) is 20.8. The van der Waals surface area contributed by atoms with Gasteiger partial charge < -0.3 is 30.0 Å². The molecule has 0 aliphatic heterocycles. The molecule has 2 aromatic rings. The summed E-state index contributed by atoms with van der Waals surface area (Å²) in [6, 6.07) is 10.8. The molecule has 1 atom stereocenters. The maximum atomic E-state index is 12.3. The van der Waals surface area contributed by atoms with Crippen LogP contribution in [0.4, 0.5) is 4.79 Å². The molecule has 0 saturated heterocycles. The fraction of sp³-hybridized carbons (Fsp3) is 0.409. The van der Waals surface area contributed by atoms with E-state index in [1.807, 2.05) is 30.3 Å².